The lowest BCUT2D eigenvalue weighted by Gasteiger charge is -2.13. The van der Waals surface area contributed by atoms with E-state index in [1.807, 2.05) is 13.8 Å². The van der Waals surface area contributed by atoms with Crippen LogP contribution in [0.2, 0.25) is 0 Å². The summed E-state index contributed by atoms with van der Waals surface area (Å²) in [6.45, 7) is 6.37. The molecule has 0 aliphatic rings. The van der Waals surface area contributed by atoms with Gasteiger partial charge in [0.05, 0.1) is 0 Å². The van der Waals surface area contributed by atoms with Gasteiger partial charge in [-0.05, 0) is 14.0 Å². The first kappa shape index (κ1) is 12.5. The van der Waals surface area contributed by atoms with Gasteiger partial charge in [-0.2, -0.15) is 0 Å². The van der Waals surface area contributed by atoms with Crippen LogP contribution in [0.25, 0.3) is 0 Å². The van der Waals surface area contributed by atoms with E-state index in [9.17, 15) is 4.39 Å². The summed E-state index contributed by atoms with van der Waals surface area (Å²) >= 11 is 0. The van der Waals surface area contributed by atoms with Crippen LogP contribution in [0.3, 0.4) is 0 Å². The minimum atomic E-state index is -0.774. The molecule has 3 heteroatoms. The number of alkyl halides is 1. The van der Waals surface area contributed by atoms with Crippen LogP contribution in [-0.4, -0.2) is 31.3 Å². The highest BCUT2D eigenvalue weighted by Gasteiger charge is 1.99. The summed E-state index contributed by atoms with van der Waals surface area (Å²) in [7, 11) is 1.79. The maximum atomic E-state index is 12.0. The zero-order chi connectivity index (χ0) is 8.57. The highest BCUT2D eigenvalue weighted by Crippen LogP contribution is 1.88. The van der Waals surface area contributed by atoms with Crippen LogP contribution in [0.5, 0.6) is 0 Å². The second kappa shape index (κ2) is 8.85. The topological polar surface area (TPSA) is 29.3 Å². The average molecular weight is 150 g/mol. The Labute approximate surface area is 63.2 Å². The number of halogens is 1. The van der Waals surface area contributed by atoms with E-state index in [2.05, 4.69) is 0 Å². The Balaban J connectivity index is 0. The van der Waals surface area contributed by atoms with Crippen molar-refractivity contribution in [2.24, 2.45) is 5.73 Å². The Morgan fingerprint density at radius 2 is 1.90 bits per heavy atom. The maximum absolute atomic E-state index is 12.0. The zero-order valence-corrected chi connectivity index (χ0v) is 7.39. The van der Waals surface area contributed by atoms with Gasteiger partial charge in [-0.25, -0.2) is 4.39 Å². The van der Waals surface area contributed by atoms with Crippen molar-refractivity contribution < 1.29 is 4.39 Å². The monoisotopic (exact) mass is 150 g/mol. The summed E-state index contributed by atoms with van der Waals surface area (Å²) < 4.78 is 12.0. The molecular formula is C7H19FN2. The van der Waals surface area contributed by atoms with Crippen molar-refractivity contribution in [2.45, 2.75) is 26.9 Å². The number of hydrogen-bond acceptors (Lipinski definition) is 2. The van der Waals surface area contributed by atoms with Gasteiger partial charge in [-0.15, -0.1) is 0 Å². The summed E-state index contributed by atoms with van der Waals surface area (Å²) in [4.78, 5) is 1.73. The van der Waals surface area contributed by atoms with Gasteiger partial charge in [0.25, 0.3) is 0 Å². The molecule has 10 heavy (non-hydrogen) atoms. The molecular weight excluding hydrogens is 131 g/mol. The molecule has 0 aromatic rings. The molecule has 0 aliphatic carbocycles. The summed E-state index contributed by atoms with van der Waals surface area (Å²) in [5.41, 5.74) is 5.18. The number of nitrogens with two attached hydrogens (primary N) is 1. The molecule has 64 valence electrons. The van der Waals surface area contributed by atoms with Crippen molar-refractivity contribution in [2.75, 3.05) is 20.3 Å². The van der Waals surface area contributed by atoms with Crippen LogP contribution in [0.4, 0.5) is 4.39 Å². The lowest BCUT2D eigenvalue weighted by Crippen LogP contribution is -2.30. The average Bonchev–Trinajstić information content (AvgIpc) is 1.91. The second-order valence-electron chi connectivity index (χ2n) is 2.00. The Kier molecular flexibility index (Phi) is 11.1. The molecule has 2 nitrogen and oxygen atoms in total. The lowest BCUT2D eigenvalue weighted by molar-refractivity contribution is 0.238. The third-order valence-electron chi connectivity index (χ3n) is 0.875. The van der Waals surface area contributed by atoms with Crippen LogP contribution in [0.1, 0.15) is 20.8 Å². The van der Waals surface area contributed by atoms with E-state index in [1.54, 1.807) is 11.9 Å². The van der Waals surface area contributed by atoms with Crippen LogP contribution in [0.15, 0.2) is 0 Å². The number of nitrogens with zero attached hydrogens (tertiary/aromatic N) is 1. The van der Waals surface area contributed by atoms with Gasteiger partial charge < -0.3 is 5.73 Å². The predicted octanol–water partition coefficient (Wildman–Crippen LogP) is 1.22. The molecule has 0 fully saturated rings. The third-order valence-corrected chi connectivity index (χ3v) is 0.875. The fourth-order valence-electron chi connectivity index (χ4n) is 0.504. The molecule has 0 aromatic carbocycles. The molecule has 2 N–H and O–H groups in total. The predicted molar refractivity (Wildman–Crippen MR) is 43.6 cm³/mol. The lowest BCUT2D eigenvalue weighted by atomic mass is 10.4. The first-order valence-electron chi connectivity index (χ1n) is 3.69. The van der Waals surface area contributed by atoms with E-state index < -0.39 is 6.17 Å². The van der Waals surface area contributed by atoms with Crippen LogP contribution in [-0.2, 0) is 0 Å². The molecule has 0 heterocycles. The van der Waals surface area contributed by atoms with Gasteiger partial charge in [-0.3, -0.25) is 4.90 Å². The Morgan fingerprint density at radius 3 is 2.00 bits per heavy atom. The largest absolute Gasteiger partial charge is 0.318 e. The van der Waals surface area contributed by atoms with Gasteiger partial charge in [0.1, 0.15) is 6.17 Å². The minimum absolute atomic E-state index is 0.425. The van der Waals surface area contributed by atoms with Crippen LogP contribution >= 0.6 is 0 Å². The quantitative estimate of drug-likeness (QED) is 0.613. The first-order valence-corrected chi connectivity index (χ1v) is 3.69. The highest BCUT2D eigenvalue weighted by atomic mass is 19.1. The number of rotatable bonds is 3. The molecule has 0 bridgehead atoms. The van der Waals surface area contributed by atoms with Gasteiger partial charge in [-0.1, -0.05) is 13.8 Å². The molecule has 0 saturated heterocycles. The van der Waals surface area contributed by atoms with Crippen molar-refractivity contribution >= 4 is 0 Å². The molecule has 1 atom stereocenters. The molecule has 0 amide bonds. The van der Waals surface area contributed by atoms with E-state index in [0.29, 0.717) is 13.2 Å². The molecule has 0 spiro atoms. The van der Waals surface area contributed by atoms with Crippen molar-refractivity contribution in [3.8, 4) is 0 Å². The summed E-state index contributed by atoms with van der Waals surface area (Å²) in [6.07, 6.45) is -0.774. The molecule has 0 aromatic heterocycles. The SMILES string of the molecule is CC.CC(F)CN(C)CN. The summed E-state index contributed by atoms with van der Waals surface area (Å²) in [6, 6.07) is 0. The van der Waals surface area contributed by atoms with Crippen LogP contribution < -0.4 is 5.73 Å². The highest BCUT2D eigenvalue weighted by molar-refractivity contribution is 4.51. The normalized spacial score (nSPS) is 12.3. The maximum Gasteiger partial charge on any atom is 0.110 e. The minimum Gasteiger partial charge on any atom is -0.318 e. The number of hydrogen-bond donors (Lipinski definition) is 1. The van der Waals surface area contributed by atoms with E-state index in [4.69, 9.17) is 5.73 Å². The second-order valence-corrected chi connectivity index (χ2v) is 2.00. The van der Waals surface area contributed by atoms with Gasteiger partial charge >= 0.3 is 0 Å². The van der Waals surface area contributed by atoms with Crippen molar-refractivity contribution in [3.05, 3.63) is 0 Å². The van der Waals surface area contributed by atoms with Gasteiger partial charge in [0.2, 0.25) is 0 Å². The summed E-state index contributed by atoms with van der Waals surface area (Å²) in [5.74, 6) is 0. The Bertz CT molecular complexity index is 57.6. The smallest absolute Gasteiger partial charge is 0.110 e. The fourth-order valence-corrected chi connectivity index (χ4v) is 0.504. The van der Waals surface area contributed by atoms with Crippen molar-refractivity contribution in [1.82, 2.24) is 4.90 Å². The Hall–Kier alpha value is -0.150. The fraction of sp³-hybridized carbons (Fsp3) is 1.00. The standard InChI is InChI=1S/C5H13FN2.C2H6/c1-5(6)3-8(2)4-7;1-2/h5H,3-4,7H2,1-2H3;1-2H3. The van der Waals surface area contributed by atoms with Crippen LogP contribution in [0, 0.1) is 0 Å². The molecule has 1 unspecified atom stereocenters. The van der Waals surface area contributed by atoms with E-state index in [-0.39, 0.29) is 0 Å². The van der Waals surface area contributed by atoms with E-state index >= 15 is 0 Å². The van der Waals surface area contributed by atoms with Crippen molar-refractivity contribution in [3.63, 3.8) is 0 Å². The van der Waals surface area contributed by atoms with Gasteiger partial charge in [0, 0.05) is 13.2 Å². The Morgan fingerprint density at radius 1 is 1.50 bits per heavy atom. The zero-order valence-electron chi connectivity index (χ0n) is 7.39. The summed E-state index contributed by atoms with van der Waals surface area (Å²) in [5, 5.41) is 0. The third kappa shape index (κ3) is 10.8. The van der Waals surface area contributed by atoms with Crippen molar-refractivity contribution in [1.29, 1.82) is 0 Å². The van der Waals surface area contributed by atoms with E-state index in [1.165, 1.54) is 6.92 Å². The van der Waals surface area contributed by atoms with Gasteiger partial charge in [0.15, 0.2) is 0 Å². The molecule has 0 rings (SSSR count). The van der Waals surface area contributed by atoms with E-state index in [0.717, 1.165) is 0 Å². The first-order chi connectivity index (χ1) is 4.66. The molecule has 0 saturated carbocycles. The molecule has 0 radical (unpaired) electrons. The molecule has 0 aliphatic heterocycles.